The summed E-state index contributed by atoms with van der Waals surface area (Å²) in [7, 11) is 1.62. The van der Waals surface area contributed by atoms with Crippen LogP contribution in [0.25, 0.3) is 0 Å². The number of methoxy groups -OCH3 is 1. The van der Waals surface area contributed by atoms with Gasteiger partial charge in [0.05, 0.1) is 18.2 Å². The highest BCUT2D eigenvalue weighted by atomic mass is 35.5. The SMILES string of the molecule is COc1cccc(CN2CCC(O)C2)c1Cl. The molecule has 0 aliphatic carbocycles. The molecule has 2 rings (SSSR count). The van der Waals surface area contributed by atoms with Gasteiger partial charge in [0.25, 0.3) is 0 Å². The van der Waals surface area contributed by atoms with E-state index in [2.05, 4.69) is 4.90 Å². The summed E-state index contributed by atoms with van der Waals surface area (Å²) in [6, 6.07) is 5.78. The van der Waals surface area contributed by atoms with E-state index in [4.69, 9.17) is 16.3 Å². The van der Waals surface area contributed by atoms with Gasteiger partial charge in [-0.05, 0) is 18.1 Å². The van der Waals surface area contributed by atoms with E-state index in [9.17, 15) is 5.11 Å². The maximum absolute atomic E-state index is 9.45. The first-order valence-electron chi connectivity index (χ1n) is 5.42. The highest BCUT2D eigenvalue weighted by Gasteiger charge is 2.21. The van der Waals surface area contributed by atoms with Crippen molar-refractivity contribution in [1.29, 1.82) is 0 Å². The molecule has 1 aliphatic rings. The van der Waals surface area contributed by atoms with Gasteiger partial charge in [0.2, 0.25) is 0 Å². The molecule has 0 spiro atoms. The Hall–Kier alpha value is -0.770. The number of nitrogens with zero attached hydrogens (tertiary/aromatic N) is 1. The van der Waals surface area contributed by atoms with Crippen molar-refractivity contribution >= 4 is 11.6 Å². The average Bonchev–Trinajstić information content (AvgIpc) is 2.67. The summed E-state index contributed by atoms with van der Waals surface area (Å²) >= 11 is 6.21. The fourth-order valence-corrected chi connectivity index (χ4v) is 2.30. The van der Waals surface area contributed by atoms with Gasteiger partial charge in [-0.15, -0.1) is 0 Å². The number of aliphatic hydroxyl groups is 1. The van der Waals surface area contributed by atoms with Crippen molar-refractivity contribution in [3.05, 3.63) is 28.8 Å². The number of rotatable bonds is 3. The summed E-state index contributed by atoms with van der Waals surface area (Å²) in [5, 5.41) is 10.1. The third-order valence-corrected chi connectivity index (χ3v) is 3.33. The van der Waals surface area contributed by atoms with Crippen LogP contribution in [0.4, 0.5) is 0 Å². The molecule has 0 radical (unpaired) electrons. The normalized spacial score (nSPS) is 21.3. The van der Waals surface area contributed by atoms with Crippen LogP contribution in [0.1, 0.15) is 12.0 Å². The van der Waals surface area contributed by atoms with Crippen LogP contribution in [-0.2, 0) is 6.54 Å². The van der Waals surface area contributed by atoms with Gasteiger partial charge >= 0.3 is 0 Å². The molecule has 1 fully saturated rings. The molecule has 1 aromatic carbocycles. The van der Waals surface area contributed by atoms with E-state index in [0.717, 1.165) is 31.6 Å². The Morgan fingerprint density at radius 1 is 1.56 bits per heavy atom. The van der Waals surface area contributed by atoms with Crippen LogP contribution in [0.15, 0.2) is 18.2 Å². The molecule has 1 heterocycles. The third-order valence-electron chi connectivity index (χ3n) is 2.90. The molecule has 1 saturated heterocycles. The topological polar surface area (TPSA) is 32.7 Å². The maximum Gasteiger partial charge on any atom is 0.137 e. The number of β-amino-alcohol motifs (C(OH)–C–C–N with tert-alkyl or cyclic N) is 1. The molecule has 1 unspecified atom stereocenters. The molecule has 0 amide bonds. The molecular weight excluding hydrogens is 226 g/mol. The number of likely N-dealkylation sites (tertiary alicyclic amines) is 1. The molecule has 0 saturated carbocycles. The molecule has 0 aromatic heterocycles. The van der Waals surface area contributed by atoms with Crippen molar-refractivity contribution in [3.63, 3.8) is 0 Å². The van der Waals surface area contributed by atoms with Crippen LogP contribution in [-0.4, -0.2) is 36.3 Å². The molecule has 3 nitrogen and oxygen atoms in total. The van der Waals surface area contributed by atoms with E-state index in [0.29, 0.717) is 10.8 Å². The van der Waals surface area contributed by atoms with E-state index >= 15 is 0 Å². The number of hydrogen-bond donors (Lipinski definition) is 1. The van der Waals surface area contributed by atoms with E-state index in [1.807, 2.05) is 18.2 Å². The van der Waals surface area contributed by atoms with E-state index in [1.165, 1.54) is 0 Å². The second-order valence-corrected chi connectivity index (χ2v) is 4.49. The van der Waals surface area contributed by atoms with Gasteiger partial charge in [-0.25, -0.2) is 0 Å². The number of ether oxygens (including phenoxy) is 1. The Labute approximate surface area is 101 Å². The van der Waals surface area contributed by atoms with Crippen LogP contribution in [0.5, 0.6) is 5.75 Å². The van der Waals surface area contributed by atoms with Crippen LogP contribution in [0.3, 0.4) is 0 Å². The molecule has 1 N–H and O–H groups in total. The van der Waals surface area contributed by atoms with Gasteiger partial charge in [0.1, 0.15) is 5.75 Å². The zero-order valence-corrected chi connectivity index (χ0v) is 10.1. The monoisotopic (exact) mass is 241 g/mol. The van der Waals surface area contributed by atoms with Crippen LogP contribution < -0.4 is 4.74 Å². The van der Waals surface area contributed by atoms with Crippen molar-refractivity contribution in [2.45, 2.75) is 19.1 Å². The van der Waals surface area contributed by atoms with Crippen molar-refractivity contribution in [2.75, 3.05) is 20.2 Å². The molecule has 1 aliphatic heterocycles. The van der Waals surface area contributed by atoms with Gasteiger partial charge < -0.3 is 9.84 Å². The lowest BCUT2D eigenvalue weighted by molar-refractivity contribution is 0.175. The number of benzene rings is 1. The highest BCUT2D eigenvalue weighted by Crippen LogP contribution is 2.29. The van der Waals surface area contributed by atoms with Crippen molar-refractivity contribution in [1.82, 2.24) is 4.90 Å². The zero-order chi connectivity index (χ0) is 11.5. The first-order chi connectivity index (χ1) is 7.70. The summed E-state index contributed by atoms with van der Waals surface area (Å²) in [6.45, 7) is 2.43. The minimum absolute atomic E-state index is 0.190. The molecule has 1 aromatic rings. The highest BCUT2D eigenvalue weighted by molar-refractivity contribution is 6.32. The Morgan fingerprint density at radius 3 is 3.00 bits per heavy atom. The van der Waals surface area contributed by atoms with Crippen LogP contribution >= 0.6 is 11.6 Å². The first-order valence-corrected chi connectivity index (χ1v) is 5.80. The zero-order valence-electron chi connectivity index (χ0n) is 9.32. The fraction of sp³-hybridized carbons (Fsp3) is 0.500. The maximum atomic E-state index is 9.45. The lowest BCUT2D eigenvalue weighted by Gasteiger charge is -2.16. The van der Waals surface area contributed by atoms with Gasteiger partial charge in [-0.1, -0.05) is 23.7 Å². The Bertz CT molecular complexity index is 370. The smallest absolute Gasteiger partial charge is 0.137 e. The van der Waals surface area contributed by atoms with E-state index in [1.54, 1.807) is 7.11 Å². The van der Waals surface area contributed by atoms with Gasteiger partial charge in [-0.2, -0.15) is 0 Å². The molecular formula is C12H16ClNO2. The molecule has 88 valence electrons. The van der Waals surface area contributed by atoms with Crippen molar-refractivity contribution in [2.24, 2.45) is 0 Å². The third kappa shape index (κ3) is 2.48. The van der Waals surface area contributed by atoms with Crippen LogP contribution in [0.2, 0.25) is 5.02 Å². The summed E-state index contributed by atoms with van der Waals surface area (Å²) in [5.41, 5.74) is 1.05. The predicted octanol–water partition coefficient (Wildman–Crippen LogP) is 1.92. The standard InChI is InChI=1S/C12H16ClNO2/c1-16-11-4-2-3-9(12(11)13)7-14-6-5-10(15)8-14/h2-4,10,15H,5-8H2,1H3. The quantitative estimate of drug-likeness (QED) is 0.878. The minimum atomic E-state index is -0.190. The molecule has 4 heteroatoms. The van der Waals surface area contributed by atoms with Gasteiger partial charge in [0, 0.05) is 19.6 Å². The Balaban J connectivity index is 2.09. The Kier molecular flexibility index (Phi) is 3.69. The first kappa shape index (κ1) is 11.7. The number of hydrogen-bond acceptors (Lipinski definition) is 3. The molecule has 1 atom stereocenters. The van der Waals surface area contributed by atoms with Crippen LogP contribution in [0, 0.1) is 0 Å². The largest absolute Gasteiger partial charge is 0.495 e. The summed E-state index contributed by atoms with van der Waals surface area (Å²) in [4.78, 5) is 2.20. The van der Waals surface area contributed by atoms with Gasteiger partial charge in [-0.3, -0.25) is 4.90 Å². The summed E-state index contributed by atoms with van der Waals surface area (Å²) in [5.74, 6) is 0.707. The predicted molar refractivity (Wildman–Crippen MR) is 63.9 cm³/mol. The number of halogens is 1. The van der Waals surface area contributed by atoms with Crippen molar-refractivity contribution in [3.8, 4) is 5.75 Å². The Morgan fingerprint density at radius 2 is 2.38 bits per heavy atom. The second kappa shape index (κ2) is 5.04. The van der Waals surface area contributed by atoms with Crippen molar-refractivity contribution < 1.29 is 9.84 Å². The second-order valence-electron chi connectivity index (χ2n) is 4.11. The van der Waals surface area contributed by atoms with Gasteiger partial charge in [0.15, 0.2) is 0 Å². The average molecular weight is 242 g/mol. The number of aliphatic hydroxyl groups excluding tert-OH is 1. The van der Waals surface area contributed by atoms with E-state index in [-0.39, 0.29) is 6.10 Å². The lowest BCUT2D eigenvalue weighted by Crippen LogP contribution is -2.21. The van der Waals surface area contributed by atoms with E-state index < -0.39 is 0 Å². The molecule has 0 bridgehead atoms. The summed E-state index contributed by atoms with van der Waals surface area (Å²) < 4.78 is 5.17. The summed E-state index contributed by atoms with van der Waals surface area (Å²) in [6.07, 6.45) is 0.658. The molecule has 16 heavy (non-hydrogen) atoms. The lowest BCUT2D eigenvalue weighted by atomic mass is 10.2. The minimum Gasteiger partial charge on any atom is -0.495 e. The fourth-order valence-electron chi connectivity index (χ4n) is 2.03.